The lowest BCUT2D eigenvalue weighted by atomic mass is 9.83. The molecule has 0 aromatic carbocycles. The first-order chi connectivity index (χ1) is 10.1. The van der Waals surface area contributed by atoms with E-state index in [0.717, 1.165) is 0 Å². The van der Waals surface area contributed by atoms with Crippen LogP contribution in [0.3, 0.4) is 0 Å². The van der Waals surface area contributed by atoms with Gasteiger partial charge in [-0.05, 0) is 25.8 Å². The van der Waals surface area contributed by atoms with Crippen molar-refractivity contribution in [3.8, 4) is 0 Å². The summed E-state index contributed by atoms with van der Waals surface area (Å²) in [5.74, 6) is -0.942. The van der Waals surface area contributed by atoms with Crippen LogP contribution >= 0.6 is 0 Å². The third-order valence-corrected chi connectivity index (χ3v) is 3.82. The molecule has 0 fully saturated rings. The van der Waals surface area contributed by atoms with E-state index in [0.29, 0.717) is 24.2 Å². The fourth-order valence-corrected chi connectivity index (χ4v) is 2.86. The van der Waals surface area contributed by atoms with E-state index in [1.165, 1.54) is 13.4 Å². The van der Waals surface area contributed by atoms with Crippen LogP contribution in [-0.4, -0.2) is 38.9 Å². The van der Waals surface area contributed by atoms with Gasteiger partial charge in [0.25, 0.3) is 0 Å². The maximum atomic E-state index is 13.2. The molecular weight excluding hydrogens is 279 g/mol. The van der Waals surface area contributed by atoms with Crippen LogP contribution in [0, 0.1) is 11.8 Å². The van der Waals surface area contributed by atoms with E-state index in [1.54, 1.807) is 6.92 Å². The maximum absolute atomic E-state index is 13.2. The molecule has 1 aliphatic heterocycles. The molecule has 2 rings (SSSR count). The molecule has 4 atom stereocenters. The zero-order valence-electron chi connectivity index (χ0n) is 12.5. The molecule has 0 aromatic heterocycles. The van der Waals surface area contributed by atoms with E-state index in [9.17, 15) is 9.18 Å². The first-order valence-electron chi connectivity index (χ1n) is 7.08. The number of hydrogen-bond acceptors (Lipinski definition) is 5. The number of hydrogen-bond donors (Lipinski definition) is 0. The molecule has 1 heterocycles. The molecule has 118 valence electrons. The summed E-state index contributed by atoms with van der Waals surface area (Å²) in [6, 6.07) is 0. The summed E-state index contributed by atoms with van der Waals surface area (Å²) in [5, 5.41) is 0. The minimum Gasteiger partial charge on any atom is -0.471 e. The molecule has 0 saturated heterocycles. The number of alkyl halides is 1. The normalized spacial score (nSPS) is 29.0. The molecular formula is C15H21FO5. The number of carbonyl (C=O) groups excluding carboxylic acids is 1. The Labute approximate surface area is 123 Å². The molecule has 0 spiro atoms. The van der Waals surface area contributed by atoms with Gasteiger partial charge in [-0.1, -0.05) is 6.08 Å². The van der Waals surface area contributed by atoms with Gasteiger partial charge in [0.15, 0.2) is 6.29 Å². The minimum absolute atomic E-state index is 0.171. The van der Waals surface area contributed by atoms with Gasteiger partial charge in [-0.2, -0.15) is 0 Å². The summed E-state index contributed by atoms with van der Waals surface area (Å²) in [7, 11) is 1.32. The summed E-state index contributed by atoms with van der Waals surface area (Å²) < 4.78 is 34.5. The lowest BCUT2D eigenvalue weighted by Crippen LogP contribution is -2.39. The number of rotatable bonds is 6. The van der Waals surface area contributed by atoms with Crippen molar-refractivity contribution in [3.63, 3.8) is 0 Å². The third-order valence-electron chi connectivity index (χ3n) is 3.82. The summed E-state index contributed by atoms with van der Waals surface area (Å²) in [5.41, 5.74) is 1.02. The van der Waals surface area contributed by atoms with Crippen molar-refractivity contribution in [1.29, 1.82) is 0 Å². The second-order valence-electron chi connectivity index (χ2n) is 5.01. The molecule has 0 aromatic rings. The Bertz CT molecular complexity index is 445. The first-order valence-corrected chi connectivity index (χ1v) is 7.08. The summed E-state index contributed by atoms with van der Waals surface area (Å²) >= 11 is 0. The summed E-state index contributed by atoms with van der Waals surface area (Å²) in [6.45, 7) is 3.55. The van der Waals surface area contributed by atoms with Crippen molar-refractivity contribution in [2.75, 3.05) is 20.4 Å². The summed E-state index contributed by atoms with van der Waals surface area (Å²) in [6.07, 6.45) is 2.63. The van der Waals surface area contributed by atoms with Crippen LogP contribution in [0.25, 0.3) is 0 Å². The molecule has 0 N–H and O–H groups in total. The van der Waals surface area contributed by atoms with E-state index in [-0.39, 0.29) is 11.8 Å². The predicted octanol–water partition coefficient (Wildman–Crippen LogP) is 2.33. The predicted molar refractivity (Wildman–Crippen MR) is 72.8 cm³/mol. The van der Waals surface area contributed by atoms with E-state index in [4.69, 9.17) is 18.9 Å². The molecule has 0 radical (unpaired) electrons. The number of ether oxygens (including phenoxy) is 4. The fourth-order valence-electron chi connectivity index (χ4n) is 2.86. The average Bonchev–Trinajstić information content (AvgIpc) is 2.91. The van der Waals surface area contributed by atoms with Crippen molar-refractivity contribution >= 4 is 5.97 Å². The van der Waals surface area contributed by atoms with Crippen molar-refractivity contribution in [2.45, 2.75) is 32.8 Å². The van der Waals surface area contributed by atoms with Crippen molar-refractivity contribution in [1.82, 2.24) is 0 Å². The van der Waals surface area contributed by atoms with Crippen LogP contribution in [0.5, 0.6) is 0 Å². The molecule has 6 heteroatoms. The molecule has 1 aliphatic carbocycles. The van der Waals surface area contributed by atoms with Gasteiger partial charge >= 0.3 is 5.97 Å². The SMILES string of the molecule is CCOC(C)O[C@@H]1OC=C(C(=O)OC)[C@H]2CC=C(CF)[C@H]12. The fraction of sp³-hybridized carbons (Fsp3) is 0.667. The van der Waals surface area contributed by atoms with Crippen LogP contribution < -0.4 is 0 Å². The Hall–Kier alpha value is -1.40. The van der Waals surface area contributed by atoms with Gasteiger partial charge in [0.1, 0.15) is 6.67 Å². The number of fused-ring (bicyclic) bond motifs is 1. The van der Waals surface area contributed by atoms with Gasteiger partial charge in [0.2, 0.25) is 6.29 Å². The van der Waals surface area contributed by atoms with E-state index in [1.807, 2.05) is 13.0 Å². The van der Waals surface area contributed by atoms with Crippen molar-refractivity contribution in [3.05, 3.63) is 23.5 Å². The molecule has 0 bridgehead atoms. The minimum atomic E-state index is -0.658. The van der Waals surface area contributed by atoms with E-state index < -0.39 is 25.2 Å². The van der Waals surface area contributed by atoms with Gasteiger partial charge in [0, 0.05) is 12.5 Å². The molecule has 0 saturated carbocycles. The second kappa shape index (κ2) is 7.04. The Morgan fingerprint density at radius 1 is 1.57 bits per heavy atom. The maximum Gasteiger partial charge on any atom is 0.337 e. The zero-order valence-corrected chi connectivity index (χ0v) is 12.5. The zero-order chi connectivity index (χ0) is 15.4. The topological polar surface area (TPSA) is 54.0 Å². The highest BCUT2D eigenvalue weighted by Crippen LogP contribution is 2.44. The Morgan fingerprint density at radius 3 is 2.95 bits per heavy atom. The first kappa shape index (κ1) is 16.0. The number of esters is 1. The van der Waals surface area contributed by atoms with Crippen molar-refractivity contribution < 1.29 is 28.1 Å². The van der Waals surface area contributed by atoms with Crippen LogP contribution in [0.4, 0.5) is 4.39 Å². The Morgan fingerprint density at radius 2 is 2.33 bits per heavy atom. The molecule has 21 heavy (non-hydrogen) atoms. The van der Waals surface area contributed by atoms with Crippen LogP contribution in [0.15, 0.2) is 23.5 Å². The second-order valence-corrected chi connectivity index (χ2v) is 5.01. The largest absolute Gasteiger partial charge is 0.471 e. The Balaban J connectivity index is 2.18. The number of halogens is 1. The quantitative estimate of drug-likeness (QED) is 0.428. The number of allylic oxidation sites excluding steroid dienone is 1. The van der Waals surface area contributed by atoms with Gasteiger partial charge in [0.05, 0.1) is 24.9 Å². The van der Waals surface area contributed by atoms with E-state index >= 15 is 0 Å². The standard InChI is InChI=1S/C15H21FO5/c1-4-19-9(2)21-15-13-10(7-16)5-6-11(13)12(8-20-15)14(17)18-3/h5,8-9,11,13,15H,4,6-7H2,1-3H3/t9?,11-,13+,15+/m1/s1. The molecule has 5 nitrogen and oxygen atoms in total. The van der Waals surface area contributed by atoms with Crippen LogP contribution in [0.1, 0.15) is 20.3 Å². The van der Waals surface area contributed by atoms with Gasteiger partial charge < -0.3 is 18.9 Å². The van der Waals surface area contributed by atoms with Crippen LogP contribution in [-0.2, 0) is 23.7 Å². The monoisotopic (exact) mass is 300 g/mol. The van der Waals surface area contributed by atoms with Gasteiger partial charge in [-0.15, -0.1) is 0 Å². The smallest absolute Gasteiger partial charge is 0.337 e. The van der Waals surface area contributed by atoms with Gasteiger partial charge in [-0.3, -0.25) is 0 Å². The molecule has 0 amide bonds. The van der Waals surface area contributed by atoms with Crippen LogP contribution in [0.2, 0.25) is 0 Å². The van der Waals surface area contributed by atoms with Gasteiger partial charge in [-0.25, -0.2) is 9.18 Å². The van der Waals surface area contributed by atoms with Crippen molar-refractivity contribution in [2.24, 2.45) is 11.8 Å². The Kier molecular flexibility index (Phi) is 5.36. The number of methoxy groups -OCH3 is 1. The lowest BCUT2D eigenvalue weighted by Gasteiger charge is -2.35. The lowest BCUT2D eigenvalue weighted by molar-refractivity contribution is -0.242. The highest BCUT2D eigenvalue weighted by atomic mass is 19.1. The average molecular weight is 300 g/mol. The highest BCUT2D eigenvalue weighted by Gasteiger charge is 2.45. The molecule has 2 aliphatic rings. The summed E-state index contributed by atoms with van der Waals surface area (Å²) in [4.78, 5) is 11.8. The van der Waals surface area contributed by atoms with E-state index in [2.05, 4.69) is 0 Å². The number of carbonyl (C=O) groups is 1. The third kappa shape index (κ3) is 3.27. The highest BCUT2D eigenvalue weighted by molar-refractivity contribution is 5.89. The molecule has 1 unspecified atom stereocenters.